The highest BCUT2D eigenvalue weighted by Crippen LogP contribution is 2.06. The van der Waals surface area contributed by atoms with Gasteiger partial charge in [-0.2, -0.15) is 0 Å². The Hall–Kier alpha value is -2.93. The molecule has 184 valence electrons. The van der Waals surface area contributed by atoms with E-state index in [2.05, 4.69) is 20.9 Å². The molecule has 5 atom stereocenters. The van der Waals surface area contributed by atoms with Crippen LogP contribution >= 0.6 is 0 Å². The van der Waals surface area contributed by atoms with Crippen LogP contribution in [0.15, 0.2) is 4.99 Å². The molecule has 0 rings (SSSR count). The van der Waals surface area contributed by atoms with Gasteiger partial charge in [-0.3, -0.25) is 19.4 Å². The van der Waals surface area contributed by atoms with Crippen LogP contribution in [-0.2, 0) is 19.2 Å². The van der Waals surface area contributed by atoms with Crippen molar-refractivity contribution in [3.8, 4) is 0 Å². The number of aliphatic imine (C=N–C) groups is 1. The summed E-state index contributed by atoms with van der Waals surface area (Å²) in [5, 5.41) is 26.3. The number of carboxylic acid groups (broad SMARTS) is 1. The first-order valence-electron chi connectivity index (χ1n) is 10.4. The number of guanidine groups is 1. The monoisotopic (exact) mass is 459 g/mol. The van der Waals surface area contributed by atoms with Crippen LogP contribution in [0.2, 0.25) is 0 Å². The van der Waals surface area contributed by atoms with Gasteiger partial charge in [-0.15, -0.1) is 0 Å². The molecule has 0 aromatic carbocycles. The van der Waals surface area contributed by atoms with E-state index in [-0.39, 0.29) is 24.7 Å². The molecule has 0 saturated heterocycles. The fraction of sp³-hybridized carbons (Fsp3) is 0.737. The minimum atomic E-state index is -1.41. The molecule has 0 aromatic heterocycles. The molecule has 0 fully saturated rings. The summed E-state index contributed by atoms with van der Waals surface area (Å²) in [4.78, 5) is 52.2. The van der Waals surface area contributed by atoms with Gasteiger partial charge in [0.25, 0.3) is 0 Å². The van der Waals surface area contributed by atoms with Crippen molar-refractivity contribution in [2.24, 2.45) is 28.1 Å². The highest BCUT2D eigenvalue weighted by atomic mass is 16.4. The SMILES string of the molecule is CC(C)CC(NC(=O)C(NC(=O)C(C)NC(=O)C(N)CCCN=C(N)N)C(C)O)C(=O)O. The fourth-order valence-corrected chi connectivity index (χ4v) is 2.67. The summed E-state index contributed by atoms with van der Waals surface area (Å²) in [7, 11) is 0. The van der Waals surface area contributed by atoms with Crippen molar-refractivity contribution in [2.45, 2.75) is 77.2 Å². The minimum absolute atomic E-state index is 0.00472. The minimum Gasteiger partial charge on any atom is -0.480 e. The van der Waals surface area contributed by atoms with Crippen molar-refractivity contribution in [1.29, 1.82) is 0 Å². The Morgan fingerprint density at radius 3 is 2.00 bits per heavy atom. The Kier molecular flexibility index (Phi) is 12.9. The average molecular weight is 460 g/mol. The number of hydrogen-bond acceptors (Lipinski definition) is 7. The zero-order valence-electron chi connectivity index (χ0n) is 19.0. The van der Waals surface area contributed by atoms with E-state index >= 15 is 0 Å². The number of carboxylic acids is 1. The molecule has 0 bridgehead atoms. The Labute approximate surface area is 187 Å². The van der Waals surface area contributed by atoms with Gasteiger partial charge < -0.3 is 43.4 Å². The maximum absolute atomic E-state index is 12.5. The van der Waals surface area contributed by atoms with Crippen molar-refractivity contribution >= 4 is 29.7 Å². The zero-order valence-corrected chi connectivity index (χ0v) is 19.0. The third-order valence-corrected chi connectivity index (χ3v) is 4.44. The smallest absolute Gasteiger partial charge is 0.326 e. The molecule has 0 aliphatic rings. The van der Waals surface area contributed by atoms with Gasteiger partial charge in [-0.05, 0) is 39.0 Å². The summed E-state index contributed by atoms with van der Waals surface area (Å²) in [5.74, 6) is -3.48. The van der Waals surface area contributed by atoms with E-state index in [0.29, 0.717) is 13.0 Å². The number of carbonyl (C=O) groups excluding carboxylic acids is 3. The van der Waals surface area contributed by atoms with E-state index in [1.165, 1.54) is 13.8 Å². The molecule has 0 radical (unpaired) electrons. The summed E-state index contributed by atoms with van der Waals surface area (Å²) in [6, 6.07) is -4.55. The Morgan fingerprint density at radius 1 is 0.938 bits per heavy atom. The molecule has 11 N–H and O–H groups in total. The lowest BCUT2D eigenvalue weighted by Crippen LogP contribution is -2.59. The third-order valence-electron chi connectivity index (χ3n) is 4.44. The predicted molar refractivity (Wildman–Crippen MR) is 118 cm³/mol. The number of aliphatic carboxylic acids is 1. The molecular weight excluding hydrogens is 422 g/mol. The number of aliphatic hydroxyl groups is 1. The van der Waals surface area contributed by atoms with Crippen LogP contribution in [-0.4, -0.2) is 76.7 Å². The van der Waals surface area contributed by atoms with Crippen LogP contribution in [0.4, 0.5) is 0 Å². The quantitative estimate of drug-likeness (QED) is 0.0768. The van der Waals surface area contributed by atoms with Crippen LogP contribution < -0.4 is 33.2 Å². The molecule has 13 heteroatoms. The molecular formula is C19H37N7O6. The van der Waals surface area contributed by atoms with E-state index in [4.69, 9.17) is 17.2 Å². The molecule has 3 amide bonds. The summed E-state index contributed by atoms with van der Waals surface area (Å²) < 4.78 is 0. The zero-order chi connectivity index (χ0) is 25.0. The second-order valence-corrected chi connectivity index (χ2v) is 8.04. The molecule has 5 unspecified atom stereocenters. The largest absolute Gasteiger partial charge is 0.480 e. The van der Waals surface area contributed by atoms with Crippen molar-refractivity contribution in [3.05, 3.63) is 0 Å². The molecule has 0 spiro atoms. The Balaban J connectivity index is 4.89. The fourth-order valence-electron chi connectivity index (χ4n) is 2.67. The average Bonchev–Trinajstić information content (AvgIpc) is 2.67. The molecule has 13 nitrogen and oxygen atoms in total. The maximum atomic E-state index is 12.5. The number of hydrogen-bond donors (Lipinski definition) is 8. The first-order valence-corrected chi connectivity index (χ1v) is 10.4. The lowest BCUT2D eigenvalue weighted by molar-refractivity contribution is -0.143. The molecule has 0 aliphatic carbocycles. The van der Waals surface area contributed by atoms with Crippen molar-refractivity contribution in [3.63, 3.8) is 0 Å². The van der Waals surface area contributed by atoms with Gasteiger partial charge in [0, 0.05) is 6.54 Å². The molecule has 0 heterocycles. The van der Waals surface area contributed by atoms with Gasteiger partial charge in [-0.1, -0.05) is 13.8 Å². The predicted octanol–water partition coefficient (Wildman–Crippen LogP) is -2.65. The third kappa shape index (κ3) is 11.5. The summed E-state index contributed by atoms with van der Waals surface area (Å²) in [5.41, 5.74) is 16.2. The highest BCUT2D eigenvalue weighted by Gasteiger charge is 2.31. The van der Waals surface area contributed by atoms with Crippen molar-refractivity contribution in [2.75, 3.05) is 6.54 Å². The first-order chi connectivity index (χ1) is 14.8. The van der Waals surface area contributed by atoms with Crippen LogP contribution in [0.5, 0.6) is 0 Å². The number of carbonyl (C=O) groups is 4. The standard InChI is InChI=1S/C19H37N7O6/c1-9(2)8-13(18(31)32)25-17(30)14(11(4)27)26-15(28)10(3)24-16(29)12(20)6-5-7-23-19(21)22/h9-14,27H,5-8,20H2,1-4H3,(H,24,29)(H,25,30)(H,26,28)(H,31,32)(H4,21,22,23). The summed E-state index contributed by atoms with van der Waals surface area (Å²) in [6.45, 7) is 6.56. The number of rotatable bonds is 14. The lowest BCUT2D eigenvalue weighted by atomic mass is 10.0. The molecule has 0 aliphatic heterocycles. The number of nitrogens with two attached hydrogens (primary N) is 3. The number of nitrogens with zero attached hydrogens (tertiary/aromatic N) is 1. The maximum Gasteiger partial charge on any atom is 0.326 e. The van der Waals surface area contributed by atoms with Crippen molar-refractivity contribution in [1.82, 2.24) is 16.0 Å². The Morgan fingerprint density at radius 2 is 1.53 bits per heavy atom. The second-order valence-electron chi connectivity index (χ2n) is 8.04. The van der Waals surface area contributed by atoms with E-state index in [1.54, 1.807) is 13.8 Å². The lowest BCUT2D eigenvalue weighted by Gasteiger charge is -2.25. The number of nitrogens with one attached hydrogen (secondary N) is 3. The van der Waals surface area contributed by atoms with Crippen LogP contribution in [0.25, 0.3) is 0 Å². The van der Waals surface area contributed by atoms with Crippen LogP contribution in [0, 0.1) is 5.92 Å². The molecule has 0 saturated carbocycles. The molecule has 32 heavy (non-hydrogen) atoms. The number of aliphatic hydroxyl groups excluding tert-OH is 1. The van der Waals surface area contributed by atoms with Gasteiger partial charge in [0.05, 0.1) is 12.1 Å². The highest BCUT2D eigenvalue weighted by molar-refractivity contribution is 5.94. The van der Waals surface area contributed by atoms with E-state index in [1.807, 2.05) is 0 Å². The van der Waals surface area contributed by atoms with E-state index in [9.17, 15) is 29.4 Å². The van der Waals surface area contributed by atoms with E-state index in [0.717, 1.165) is 0 Å². The van der Waals surface area contributed by atoms with Gasteiger partial charge in [0.15, 0.2) is 5.96 Å². The normalized spacial score (nSPS) is 15.6. The second kappa shape index (κ2) is 14.2. The van der Waals surface area contributed by atoms with Gasteiger partial charge in [0.1, 0.15) is 18.1 Å². The summed E-state index contributed by atoms with van der Waals surface area (Å²) in [6.07, 6.45) is -0.400. The summed E-state index contributed by atoms with van der Waals surface area (Å²) >= 11 is 0. The Bertz CT molecular complexity index is 679. The van der Waals surface area contributed by atoms with Crippen molar-refractivity contribution < 1.29 is 29.4 Å². The van der Waals surface area contributed by atoms with Gasteiger partial charge >= 0.3 is 5.97 Å². The van der Waals surface area contributed by atoms with E-state index < -0.39 is 54.0 Å². The van der Waals surface area contributed by atoms with Crippen LogP contribution in [0.3, 0.4) is 0 Å². The molecule has 0 aromatic rings. The van der Waals surface area contributed by atoms with Gasteiger partial charge in [-0.25, -0.2) is 4.79 Å². The van der Waals surface area contributed by atoms with Gasteiger partial charge in [0.2, 0.25) is 17.7 Å². The number of amides is 3. The topological polar surface area (TPSA) is 235 Å². The first kappa shape index (κ1) is 29.1. The van der Waals surface area contributed by atoms with Crippen LogP contribution in [0.1, 0.15) is 47.0 Å².